The van der Waals surface area contributed by atoms with Crippen molar-refractivity contribution in [3.8, 4) is 0 Å². The Morgan fingerprint density at radius 3 is 2.08 bits per heavy atom. The van der Waals surface area contributed by atoms with Crippen LogP contribution in [-0.4, -0.2) is 0 Å². The van der Waals surface area contributed by atoms with Crippen molar-refractivity contribution in [2.24, 2.45) is 0 Å². The molecule has 12 heavy (non-hydrogen) atoms. The van der Waals surface area contributed by atoms with Crippen LogP contribution in [0, 0.1) is 30.2 Å². The van der Waals surface area contributed by atoms with Crippen molar-refractivity contribution < 1.29 is 17.6 Å². The normalized spacial score (nSPS) is 10.4. The zero-order valence-corrected chi connectivity index (χ0v) is 6.00. The lowest BCUT2D eigenvalue weighted by Gasteiger charge is -2.01. The monoisotopic (exact) mass is 177 g/mol. The maximum atomic E-state index is 12.6. The highest BCUT2D eigenvalue weighted by molar-refractivity contribution is 5.22. The maximum absolute atomic E-state index is 12.6. The number of rotatable bonds is 1. The van der Waals surface area contributed by atoms with Crippen LogP contribution in [0.3, 0.4) is 0 Å². The van der Waals surface area contributed by atoms with Gasteiger partial charge in [-0.25, -0.2) is 17.6 Å². The molecular weight excluding hydrogens is 172 g/mol. The molecule has 0 heterocycles. The summed E-state index contributed by atoms with van der Waals surface area (Å²) in [6, 6.07) is 0.598. The fourth-order valence-electron chi connectivity index (χ4n) is 0.804. The van der Waals surface area contributed by atoms with Crippen LogP contribution in [0.25, 0.3) is 0 Å². The second kappa shape index (κ2) is 3.13. The predicted octanol–water partition coefficient (Wildman–Crippen LogP) is 2.62. The van der Waals surface area contributed by atoms with Crippen LogP contribution in [0.5, 0.6) is 0 Å². The molecule has 0 saturated carbocycles. The lowest BCUT2D eigenvalue weighted by atomic mass is 10.1. The molecule has 0 spiro atoms. The van der Waals surface area contributed by atoms with E-state index in [1.807, 2.05) is 0 Å². The Kier molecular flexibility index (Phi) is 2.35. The van der Waals surface area contributed by atoms with Crippen LogP contribution in [0.2, 0.25) is 0 Å². The van der Waals surface area contributed by atoms with Gasteiger partial charge in [0.1, 0.15) is 0 Å². The lowest BCUT2D eigenvalue weighted by molar-refractivity contribution is 0.405. The average Bonchev–Trinajstić information content (AvgIpc) is 2.08. The molecule has 0 aliphatic rings. The molecule has 0 aliphatic carbocycles. The van der Waals surface area contributed by atoms with Gasteiger partial charge in [0.05, 0.1) is 0 Å². The SMILES string of the molecule is [CH2]Cc1cc(F)c(F)c(F)c1F. The van der Waals surface area contributed by atoms with Crippen LogP contribution in [-0.2, 0) is 6.42 Å². The Balaban J connectivity index is 3.39. The summed E-state index contributed by atoms with van der Waals surface area (Å²) in [5.74, 6) is -6.34. The minimum atomic E-state index is -1.79. The highest BCUT2D eigenvalue weighted by Crippen LogP contribution is 2.18. The molecule has 0 amide bonds. The smallest absolute Gasteiger partial charge is 0.197 e. The molecule has 0 bridgehead atoms. The van der Waals surface area contributed by atoms with Crippen LogP contribution < -0.4 is 0 Å². The Bertz CT molecular complexity index is 306. The molecule has 0 aliphatic heterocycles. The van der Waals surface area contributed by atoms with Crippen LogP contribution >= 0.6 is 0 Å². The Labute approximate surface area is 66.8 Å². The molecule has 0 aromatic heterocycles. The summed E-state index contributed by atoms with van der Waals surface area (Å²) in [4.78, 5) is 0. The van der Waals surface area contributed by atoms with E-state index in [1.165, 1.54) is 0 Å². The summed E-state index contributed by atoms with van der Waals surface area (Å²) in [5, 5.41) is 0. The van der Waals surface area contributed by atoms with Crippen molar-refractivity contribution in [2.45, 2.75) is 6.42 Å². The summed E-state index contributed by atoms with van der Waals surface area (Å²) >= 11 is 0. The first-order valence-electron chi connectivity index (χ1n) is 3.19. The van der Waals surface area contributed by atoms with Gasteiger partial charge in [0.25, 0.3) is 0 Å². The van der Waals surface area contributed by atoms with E-state index in [-0.39, 0.29) is 12.0 Å². The van der Waals surface area contributed by atoms with Crippen molar-refractivity contribution in [1.29, 1.82) is 0 Å². The van der Waals surface area contributed by atoms with Gasteiger partial charge in [0.2, 0.25) is 0 Å². The second-order valence-corrected chi connectivity index (χ2v) is 2.21. The maximum Gasteiger partial charge on any atom is 0.197 e. The standard InChI is InChI=1S/C8H5F4/c1-2-4-3-5(9)7(11)8(12)6(4)10/h3H,1-2H2. The summed E-state index contributed by atoms with van der Waals surface area (Å²) in [6.45, 7) is 3.23. The molecular formula is C8H5F4. The van der Waals surface area contributed by atoms with Crippen molar-refractivity contribution >= 4 is 0 Å². The lowest BCUT2D eigenvalue weighted by Crippen LogP contribution is -2.00. The fraction of sp³-hybridized carbons (Fsp3) is 0.125. The summed E-state index contributed by atoms with van der Waals surface area (Å²) in [6.07, 6.45) is -0.125. The fourth-order valence-corrected chi connectivity index (χ4v) is 0.804. The average molecular weight is 177 g/mol. The van der Waals surface area contributed by atoms with Gasteiger partial charge in [-0.15, -0.1) is 0 Å². The van der Waals surface area contributed by atoms with Crippen LogP contribution in [0.1, 0.15) is 5.56 Å². The van der Waals surface area contributed by atoms with Gasteiger partial charge in [-0.05, 0) is 25.0 Å². The van der Waals surface area contributed by atoms with Gasteiger partial charge in [-0.2, -0.15) is 0 Å². The molecule has 1 aromatic rings. The quantitative estimate of drug-likeness (QED) is 0.351. The highest BCUT2D eigenvalue weighted by atomic mass is 19.2. The van der Waals surface area contributed by atoms with E-state index in [9.17, 15) is 17.6 Å². The first-order valence-corrected chi connectivity index (χ1v) is 3.19. The molecule has 0 unspecified atom stereocenters. The zero-order chi connectivity index (χ0) is 9.30. The number of benzene rings is 1. The summed E-state index contributed by atoms with van der Waals surface area (Å²) in [7, 11) is 0. The third-order valence-corrected chi connectivity index (χ3v) is 1.45. The van der Waals surface area contributed by atoms with E-state index in [1.54, 1.807) is 0 Å². The van der Waals surface area contributed by atoms with Gasteiger partial charge >= 0.3 is 0 Å². The topological polar surface area (TPSA) is 0 Å². The van der Waals surface area contributed by atoms with Gasteiger partial charge in [0, 0.05) is 0 Å². The highest BCUT2D eigenvalue weighted by Gasteiger charge is 2.17. The van der Waals surface area contributed by atoms with Crippen molar-refractivity contribution in [1.82, 2.24) is 0 Å². The van der Waals surface area contributed by atoms with E-state index >= 15 is 0 Å². The molecule has 65 valence electrons. The third-order valence-electron chi connectivity index (χ3n) is 1.45. The van der Waals surface area contributed by atoms with Gasteiger partial charge < -0.3 is 0 Å². The minimum Gasteiger partial charge on any atom is -0.204 e. The summed E-state index contributed by atoms with van der Waals surface area (Å²) in [5.41, 5.74) is -0.272. The molecule has 0 nitrogen and oxygen atoms in total. The third kappa shape index (κ3) is 1.29. The largest absolute Gasteiger partial charge is 0.204 e. The minimum absolute atomic E-state index is 0.125. The first-order chi connectivity index (χ1) is 5.57. The number of hydrogen-bond donors (Lipinski definition) is 0. The predicted molar refractivity (Wildman–Crippen MR) is 35.3 cm³/mol. The van der Waals surface area contributed by atoms with E-state index in [4.69, 9.17) is 0 Å². The molecule has 0 N–H and O–H groups in total. The molecule has 1 aromatic carbocycles. The van der Waals surface area contributed by atoms with Gasteiger partial charge in [-0.3, -0.25) is 0 Å². The molecule has 1 radical (unpaired) electrons. The van der Waals surface area contributed by atoms with Crippen LogP contribution in [0.4, 0.5) is 17.6 Å². The first kappa shape index (κ1) is 9.03. The zero-order valence-electron chi connectivity index (χ0n) is 6.00. The molecule has 4 heteroatoms. The van der Waals surface area contributed by atoms with Crippen molar-refractivity contribution in [3.05, 3.63) is 41.8 Å². The van der Waals surface area contributed by atoms with Gasteiger partial charge in [-0.1, -0.05) is 0 Å². The van der Waals surface area contributed by atoms with Crippen molar-refractivity contribution in [2.75, 3.05) is 0 Å². The van der Waals surface area contributed by atoms with Crippen LogP contribution in [0.15, 0.2) is 6.07 Å². The molecule has 0 fully saturated rings. The van der Waals surface area contributed by atoms with Gasteiger partial charge in [0.15, 0.2) is 23.3 Å². The molecule has 1 rings (SSSR count). The van der Waals surface area contributed by atoms with E-state index in [2.05, 4.69) is 6.92 Å². The van der Waals surface area contributed by atoms with Crippen molar-refractivity contribution in [3.63, 3.8) is 0 Å². The summed E-state index contributed by atoms with van der Waals surface area (Å²) < 4.78 is 49.7. The Hall–Kier alpha value is -1.06. The second-order valence-electron chi connectivity index (χ2n) is 2.21. The Morgan fingerprint density at radius 2 is 1.58 bits per heavy atom. The molecule has 0 saturated heterocycles. The van der Waals surface area contributed by atoms with E-state index in [0.29, 0.717) is 6.07 Å². The Morgan fingerprint density at radius 1 is 1.00 bits per heavy atom. The molecule has 0 atom stereocenters. The number of hydrogen-bond acceptors (Lipinski definition) is 0. The van der Waals surface area contributed by atoms with E-state index in [0.717, 1.165) is 0 Å². The number of halogens is 4. The van der Waals surface area contributed by atoms with E-state index < -0.39 is 23.3 Å².